The summed E-state index contributed by atoms with van der Waals surface area (Å²) in [5.41, 5.74) is 6.90. The molecule has 2 amide bonds. The monoisotopic (exact) mass is 399 g/mol. The molecule has 2 N–H and O–H groups in total. The molecule has 1 heterocycles. The van der Waals surface area contributed by atoms with Crippen LogP contribution in [0.1, 0.15) is 11.3 Å². The van der Waals surface area contributed by atoms with Crippen molar-refractivity contribution in [3.8, 4) is 16.3 Å². The van der Waals surface area contributed by atoms with Crippen LogP contribution in [0.3, 0.4) is 0 Å². The first-order chi connectivity index (χ1) is 13.5. The van der Waals surface area contributed by atoms with Gasteiger partial charge in [-0.2, -0.15) is 0 Å². The number of halogens is 1. The van der Waals surface area contributed by atoms with E-state index in [0.29, 0.717) is 16.5 Å². The molecule has 28 heavy (non-hydrogen) atoms. The molecule has 0 spiro atoms. The minimum atomic E-state index is -0.470. The molecule has 3 aromatic rings. The van der Waals surface area contributed by atoms with Gasteiger partial charge in [-0.15, -0.1) is 11.3 Å². The number of aromatic nitrogens is 1. The fourth-order valence-corrected chi connectivity index (χ4v) is 3.18. The second-order valence-corrected chi connectivity index (χ2v) is 6.84. The average Bonchev–Trinajstić information content (AvgIpc) is 3.14. The molecule has 0 fully saturated rings. The Morgan fingerprint density at radius 1 is 1.07 bits per heavy atom. The van der Waals surface area contributed by atoms with Crippen LogP contribution >= 0.6 is 11.3 Å². The maximum Gasteiger partial charge on any atom is 0.276 e. The van der Waals surface area contributed by atoms with Crippen LogP contribution in [-0.4, -0.2) is 23.4 Å². The molecule has 0 saturated carbocycles. The van der Waals surface area contributed by atoms with Crippen molar-refractivity contribution < 1.29 is 18.7 Å². The van der Waals surface area contributed by atoms with Gasteiger partial charge >= 0.3 is 0 Å². The van der Waals surface area contributed by atoms with Crippen molar-refractivity contribution in [2.75, 3.05) is 6.61 Å². The largest absolute Gasteiger partial charge is 0.483 e. The minimum Gasteiger partial charge on any atom is -0.483 e. The van der Waals surface area contributed by atoms with E-state index < -0.39 is 11.8 Å². The Labute approximate surface area is 165 Å². The standard InChI is InChI=1S/C20H18FN3O3S/c1-13-4-2-3-5-17(13)27-11-19(26)24-23-18(25)10-16-12-28-20(22-16)14-6-8-15(21)9-7-14/h2-9,12H,10-11H2,1H3,(H,23,25)(H,24,26). The molecule has 1 aromatic heterocycles. The first kappa shape index (κ1) is 19.5. The van der Waals surface area contributed by atoms with Gasteiger partial charge in [-0.3, -0.25) is 20.4 Å². The summed E-state index contributed by atoms with van der Waals surface area (Å²) in [5.74, 6) is -0.580. The van der Waals surface area contributed by atoms with Gasteiger partial charge in [-0.05, 0) is 42.8 Å². The van der Waals surface area contributed by atoms with E-state index in [-0.39, 0.29) is 18.8 Å². The molecular formula is C20H18FN3O3S. The molecule has 0 atom stereocenters. The van der Waals surface area contributed by atoms with Gasteiger partial charge in [0.1, 0.15) is 16.6 Å². The molecule has 8 heteroatoms. The Hall–Kier alpha value is -3.26. The molecule has 0 aliphatic heterocycles. The number of para-hydroxylation sites is 1. The van der Waals surface area contributed by atoms with Crippen LogP contribution in [0.4, 0.5) is 4.39 Å². The Morgan fingerprint density at radius 3 is 2.54 bits per heavy atom. The number of hydrazine groups is 1. The third-order valence-electron chi connectivity index (χ3n) is 3.78. The summed E-state index contributed by atoms with van der Waals surface area (Å²) in [6.07, 6.45) is 0.0105. The number of nitrogens with zero attached hydrogens (tertiary/aromatic N) is 1. The third-order valence-corrected chi connectivity index (χ3v) is 4.72. The molecule has 144 valence electrons. The number of aryl methyl sites for hydroxylation is 1. The van der Waals surface area contributed by atoms with E-state index in [2.05, 4.69) is 15.8 Å². The number of rotatable bonds is 6. The predicted octanol–water partition coefficient (Wildman–Crippen LogP) is 3.03. The lowest BCUT2D eigenvalue weighted by atomic mass is 10.2. The molecule has 6 nitrogen and oxygen atoms in total. The van der Waals surface area contributed by atoms with Crippen LogP contribution in [0.2, 0.25) is 0 Å². The zero-order valence-corrected chi connectivity index (χ0v) is 15.9. The quantitative estimate of drug-likeness (QED) is 0.625. The molecule has 3 rings (SSSR count). The lowest BCUT2D eigenvalue weighted by molar-refractivity contribution is -0.129. The fourth-order valence-electron chi connectivity index (χ4n) is 2.36. The van der Waals surface area contributed by atoms with Gasteiger partial charge in [0.05, 0.1) is 12.1 Å². The average molecular weight is 399 g/mol. The zero-order valence-electron chi connectivity index (χ0n) is 15.1. The lowest BCUT2D eigenvalue weighted by Crippen LogP contribution is -2.44. The number of amides is 2. The second-order valence-electron chi connectivity index (χ2n) is 5.98. The van der Waals surface area contributed by atoms with Gasteiger partial charge in [0.2, 0.25) is 5.91 Å². The van der Waals surface area contributed by atoms with E-state index >= 15 is 0 Å². The van der Waals surface area contributed by atoms with Gasteiger partial charge in [0, 0.05) is 10.9 Å². The molecule has 0 radical (unpaired) electrons. The predicted molar refractivity (Wildman–Crippen MR) is 104 cm³/mol. The van der Waals surface area contributed by atoms with Gasteiger partial charge in [-0.1, -0.05) is 18.2 Å². The summed E-state index contributed by atoms with van der Waals surface area (Å²) in [5, 5.41) is 2.44. The molecule has 2 aromatic carbocycles. The molecule has 0 saturated heterocycles. The van der Waals surface area contributed by atoms with Crippen molar-refractivity contribution in [1.82, 2.24) is 15.8 Å². The highest BCUT2D eigenvalue weighted by molar-refractivity contribution is 7.13. The van der Waals surface area contributed by atoms with Gasteiger partial charge < -0.3 is 4.74 Å². The minimum absolute atomic E-state index is 0.0105. The number of benzene rings is 2. The Kier molecular flexibility index (Phi) is 6.33. The van der Waals surface area contributed by atoms with E-state index in [4.69, 9.17) is 4.74 Å². The van der Waals surface area contributed by atoms with Gasteiger partial charge in [-0.25, -0.2) is 9.37 Å². The van der Waals surface area contributed by atoms with Crippen LogP contribution in [0.15, 0.2) is 53.9 Å². The van der Waals surface area contributed by atoms with Crippen molar-refractivity contribution in [1.29, 1.82) is 0 Å². The highest BCUT2D eigenvalue weighted by Gasteiger charge is 2.11. The number of carbonyl (C=O) groups excluding carboxylic acids is 2. The Morgan fingerprint density at radius 2 is 1.79 bits per heavy atom. The van der Waals surface area contributed by atoms with E-state index in [1.165, 1.54) is 23.5 Å². The van der Waals surface area contributed by atoms with Crippen molar-refractivity contribution in [3.63, 3.8) is 0 Å². The molecule has 0 unspecified atom stereocenters. The van der Waals surface area contributed by atoms with Gasteiger partial charge in [0.25, 0.3) is 5.91 Å². The Bertz CT molecular complexity index is 973. The van der Waals surface area contributed by atoms with Crippen LogP contribution < -0.4 is 15.6 Å². The maximum absolute atomic E-state index is 13.0. The Balaban J connectivity index is 1.45. The fraction of sp³-hybridized carbons (Fsp3) is 0.150. The van der Waals surface area contributed by atoms with Crippen molar-refractivity contribution in [2.45, 2.75) is 13.3 Å². The van der Waals surface area contributed by atoms with Crippen molar-refractivity contribution in [3.05, 3.63) is 71.0 Å². The summed E-state index contributed by atoms with van der Waals surface area (Å²) in [6, 6.07) is 13.3. The second kappa shape index (κ2) is 9.09. The third kappa shape index (κ3) is 5.37. The molecule has 0 bridgehead atoms. The van der Waals surface area contributed by atoms with Gasteiger partial charge in [0.15, 0.2) is 6.61 Å². The lowest BCUT2D eigenvalue weighted by Gasteiger charge is -2.09. The van der Waals surface area contributed by atoms with Crippen molar-refractivity contribution >= 4 is 23.2 Å². The highest BCUT2D eigenvalue weighted by atomic mass is 32.1. The van der Waals surface area contributed by atoms with E-state index in [9.17, 15) is 14.0 Å². The summed E-state index contributed by atoms with van der Waals surface area (Å²) in [4.78, 5) is 28.2. The highest BCUT2D eigenvalue weighted by Crippen LogP contribution is 2.24. The normalized spacial score (nSPS) is 10.4. The number of hydrogen-bond donors (Lipinski definition) is 2. The summed E-state index contributed by atoms with van der Waals surface area (Å²) < 4.78 is 18.4. The molecule has 0 aliphatic rings. The van der Waals surface area contributed by atoms with Crippen LogP contribution in [0.5, 0.6) is 5.75 Å². The van der Waals surface area contributed by atoms with Crippen LogP contribution in [-0.2, 0) is 16.0 Å². The number of ether oxygens (including phenoxy) is 1. The van der Waals surface area contributed by atoms with Crippen molar-refractivity contribution in [2.24, 2.45) is 0 Å². The van der Waals surface area contributed by atoms with Crippen LogP contribution in [0.25, 0.3) is 10.6 Å². The van der Waals surface area contributed by atoms with E-state index in [0.717, 1.165) is 11.1 Å². The first-order valence-corrected chi connectivity index (χ1v) is 9.35. The smallest absolute Gasteiger partial charge is 0.276 e. The molecule has 0 aliphatic carbocycles. The number of hydrogen-bond acceptors (Lipinski definition) is 5. The maximum atomic E-state index is 13.0. The topological polar surface area (TPSA) is 80.3 Å². The summed E-state index contributed by atoms with van der Waals surface area (Å²) in [7, 11) is 0. The first-order valence-electron chi connectivity index (χ1n) is 8.48. The van der Waals surface area contributed by atoms with E-state index in [1.807, 2.05) is 25.1 Å². The number of carbonyl (C=O) groups is 2. The molecular weight excluding hydrogens is 381 g/mol. The SMILES string of the molecule is Cc1ccccc1OCC(=O)NNC(=O)Cc1csc(-c2ccc(F)cc2)n1. The zero-order chi connectivity index (χ0) is 19.9. The summed E-state index contributed by atoms with van der Waals surface area (Å²) in [6.45, 7) is 1.67. The number of thiazole rings is 1. The number of nitrogens with one attached hydrogen (secondary N) is 2. The van der Waals surface area contributed by atoms with E-state index in [1.54, 1.807) is 23.6 Å². The van der Waals surface area contributed by atoms with Crippen LogP contribution in [0, 0.1) is 12.7 Å². The summed E-state index contributed by atoms with van der Waals surface area (Å²) >= 11 is 1.36.